The molecule has 0 bridgehead atoms. The van der Waals surface area contributed by atoms with E-state index >= 15 is 0 Å². The average molecular weight is 428 g/mol. The van der Waals surface area contributed by atoms with Crippen LogP contribution in [-0.4, -0.2) is 36.1 Å². The van der Waals surface area contributed by atoms with E-state index < -0.39 is 6.17 Å². The number of benzene rings is 1. The zero-order valence-corrected chi connectivity index (χ0v) is 17.2. The number of nitrogens with zero attached hydrogens (tertiary/aromatic N) is 1. The highest BCUT2D eigenvalue weighted by molar-refractivity contribution is 7.16. The van der Waals surface area contributed by atoms with Crippen LogP contribution in [0.3, 0.4) is 0 Å². The minimum Gasteiger partial charge on any atom is -0.504 e. The molecule has 4 rings (SSSR count). The lowest BCUT2D eigenvalue weighted by atomic mass is 10.0. The molecule has 0 aliphatic carbocycles. The molecule has 2 aliphatic rings. The SMILES string of the molecule is CCOc1cc(Cl)c(Cl)c([C@@H]2NC(=O)c3c(sc4c3CCN(C)C4)N2)c1O. The number of amides is 1. The number of aromatic hydroxyl groups is 1. The molecule has 0 radical (unpaired) electrons. The van der Waals surface area contributed by atoms with Crippen molar-refractivity contribution in [1.82, 2.24) is 10.2 Å². The van der Waals surface area contributed by atoms with Gasteiger partial charge in [0.05, 0.1) is 27.8 Å². The van der Waals surface area contributed by atoms with Crippen LogP contribution in [0.4, 0.5) is 5.00 Å². The molecule has 0 saturated heterocycles. The van der Waals surface area contributed by atoms with E-state index in [4.69, 9.17) is 27.9 Å². The molecule has 0 unspecified atom stereocenters. The Morgan fingerprint density at radius 3 is 2.93 bits per heavy atom. The molecule has 0 fully saturated rings. The zero-order valence-electron chi connectivity index (χ0n) is 14.9. The second-order valence-corrected chi connectivity index (χ2v) is 8.50. The third-order valence-electron chi connectivity index (χ3n) is 4.81. The molecule has 144 valence electrons. The Kier molecular flexibility index (Phi) is 4.88. The maximum atomic E-state index is 12.9. The minimum absolute atomic E-state index is 0.131. The van der Waals surface area contributed by atoms with Crippen molar-refractivity contribution in [2.75, 3.05) is 25.5 Å². The maximum Gasteiger partial charge on any atom is 0.256 e. The quantitative estimate of drug-likeness (QED) is 0.689. The molecule has 1 aromatic heterocycles. The van der Waals surface area contributed by atoms with Crippen LogP contribution in [0.1, 0.15) is 39.5 Å². The van der Waals surface area contributed by atoms with Gasteiger partial charge in [0.1, 0.15) is 11.2 Å². The van der Waals surface area contributed by atoms with Crippen molar-refractivity contribution in [3.63, 3.8) is 0 Å². The van der Waals surface area contributed by atoms with Crippen molar-refractivity contribution in [2.24, 2.45) is 0 Å². The Morgan fingerprint density at radius 1 is 1.41 bits per heavy atom. The fourth-order valence-corrected chi connectivity index (χ4v) is 5.34. The van der Waals surface area contributed by atoms with Crippen LogP contribution in [0, 0.1) is 0 Å². The smallest absolute Gasteiger partial charge is 0.256 e. The van der Waals surface area contributed by atoms with Crippen molar-refractivity contribution in [2.45, 2.75) is 26.1 Å². The lowest BCUT2D eigenvalue weighted by molar-refractivity contribution is 0.0934. The van der Waals surface area contributed by atoms with Crippen molar-refractivity contribution in [3.05, 3.63) is 37.7 Å². The summed E-state index contributed by atoms with van der Waals surface area (Å²) in [6.45, 7) is 3.92. The number of hydrogen-bond acceptors (Lipinski definition) is 6. The third-order valence-corrected chi connectivity index (χ3v) is 6.76. The summed E-state index contributed by atoms with van der Waals surface area (Å²) < 4.78 is 5.44. The first-order chi connectivity index (χ1) is 12.9. The molecule has 6 nitrogen and oxygen atoms in total. The minimum atomic E-state index is -0.701. The number of fused-ring (bicyclic) bond motifs is 3. The zero-order chi connectivity index (χ0) is 19.3. The van der Waals surface area contributed by atoms with Crippen LogP contribution >= 0.6 is 34.5 Å². The number of anilines is 1. The van der Waals surface area contributed by atoms with Gasteiger partial charge in [-0.2, -0.15) is 0 Å². The number of nitrogens with one attached hydrogen (secondary N) is 2. The number of halogens is 2. The summed E-state index contributed by atoms with van der Waals surface area (Å²) >= 11 is 14.1. The second kappa shape index (κ2) is 7.05. The third kappa shape index (κ3) is 3.12. The first kappa shape index (κ1) is 18.7. The normalized spacial score (nSPS) is 19.1. The first-order valence-electron chi connectivity index (χ1n) is 8.64. The van der Waals surface area contributed by atoms with Gasteiger partial charge in [0.25, 0.3) is 5.91 Å². The molecule has 9 heteroatoms. The largest absolute Gasteiger partial charge is 0.504 e. The summed E-state index contributed by atoms with van der Waals surface area (Å²) in [4.78, 5) is 16.3. The van der Waals surface area contributed by atoms with Crippen LogP contribution < -0.4 is 15.4 Å². The summed E-state index contributed by atoms with van der Waals surface area (Å²) in [5.74, 6) is -0.0754. The molecular weight excluding hydrogens is 409 g/mol. The predicted molar refractivity (Wildman–Crippen MR) is 107 cm³/mol. The number of ether oxygens (including phenoxy) is 1. The summed E-state index contributed by atoms with van der Waals surface area (Å²) in [6, 6.07) is 1.47. The molecule has 3 N–H and O–H groups in total. The van der Waals surface area contributed by atoms with Gasteiger partial charge in [-0.05, 0) is 26.0 Å². The van der Waals surface area contributed by atoms with E-state index in [1.54, 1.807) is 11.3 Å². The van der Waals surface area contributed by atoms with Crippen LogP contribution in [0.15, 0.2) is 6.07 Å². The van der Waals surface area contributed by atoms with Crippen molar-refractivity contribution >= 4 is 45.4 Å². The highest BCUT2D eigenvalue weighted by Crippen LogP contribution is 2.46. The molecule has 1 aromatic carbocycles. The summed E-state index contributed by atoms with van der Waals surface area (Å²) in [7, 11) is 2.07. The lowest BCUT2D eigenvalue weighted by Crippen LogP contribution is -2.39. The highest BCUT2D eigenvalue weighted by Gasteiger charge is 2.35. The summed E-state index contributed by atoms with van der Waals surface area (Å²) in [5.41, 5.74) is 2.10. The fraction of sp³-hybridized carbons (Fsp3) is 0.389. The summed E-state index contributed by atoms with van der Waals surface area (Å²) in [5, 5.41) is 18.1. The summed E-state index contributed by atoms with van der Waals surface area (Å²) in [6.07, 6.45) is 0.142. The number of carbonyl (C=O) groups excluding carboxylic acids is 1. The Hall–Kier alpha value is -1.67. The Bertz CT molecular complexity index is 931. The number of phenols is 1. The van der Waals surface area contributed by atoms with Crippen LogP contribution in [0.25, 0.3) is 0 Å². The monoisotopic (exact) mass is 427 g/mol. The average Bonchev–Trinajstić information content (AvgIpc) is 2.97. The van der Waals surface area contributed by atoms with Gasteiger partial charge in [-0.15, -0.1) is 11.3 Å². The lowest BCUT2D eigenvalue weighted by Gasteiger charge is -2.29. The molecule has 1 amide bonds. The molecule has 2 aliphatic heterocycles. The molecule has 2 aromatic rings. The number of phenolic OH excluding ortho intramolecular Hbond substituents is 1. The number of carbonyl (C=O) groups is 1. The van der Waals surface area contributed by atoms with Gasteiger partial charge in [0.2, 0.25) is 0 Å². The van der Waals surface area contributed by atoms with Crippen LogP contribution in [0.5, 0.6) is 11.5 Å². The van der Waals surface area contributed by atoms with E-state index in [-0.39, 0.29) is 27.5 Å². The van der Waals surface area contributed by atoms with E-state index in [9.17, 15) is 9.90 Å². The fourth-order valence-electron chi connectivity index (χ4n) is 3.53. The second-order valence-electron chi connectivity index (χ2n) is 6.61. The Balaban J connectivity index is 1.76. The van der Waals surface area contributed by atoms with E-state index in [1.165, 1.54) is 10.9 Å². The van der Waals surface area contributed by atoms with Crippen molar-refractivity contribution in [3.8, 4) is 11.5 Å². The van der Waals surface area contributed by atoms with Gasteiger partial charge in [-0.25, -0.2) is 0 Å². The maximum absolute atomic E-state index is 12.9. The first-order valence-corrected chi connectivity index (χ1v) is 10.2. The van der Waals surface area contributed by atoms with Crippen molar-refractivity contribution < 1.29 is 14.6 Å². The van der Waals surface area contributed by atoms with E-state index in [1.807, 2.05) is 6.92 Å². The molecule has 0 saturated carbocycles. The Morgan fingerprint density at radius 2 is 2.19 bits per heavy atom. The van der Waals surface area contributed by atoms with Crippen LogP contribution in [-0.2, 0) is 13.0 Å². The number of likely N-dealkylation sites (N-methyl/N-ethyl adjacent to an activating group) is 1. The molecular formula is C18H19Cl2N3O3S. The van der Waals surface area contributed by atoms with Gasteiger partial charge in [-0.1, -0.05) is 23.2 Å². The Labute approximate surface area is 171 Å². The van der Waals surface area contributed by atoms with Crippen LogP contribution in [0.2, 0.25) is 10.0 Å². The van der Waals surface area contributed by atoms with Gasteiger partial charge in [0, 0.05) is 24.0 Å². The number of rotatable bonds is 3. The molecule has 27 heavy (non-hydrogen) atoms. The van der Waals surface area contributed by atoms with Gasteiger partial charge in [0.15, 0.2) is 11.5 Å². The highest BCUT2D eigenvalue weighted by atomic mass is 35.5. The molecule has 0 spiro atoms. The van der Waals surface area contributed by atoms with E-state index in [2.05, 4.69) is 22.6 Å². The number of thiophene rings is 1. The predicted octanol–water partition coefficient (Wildman–Crippen LogP) is 4.00. The van der Waals surface area contributed by atoms with Gasteiger partial charge < -0.3 is 25.4 Å². The molecule has 1 atom stereocenters. The van der Waals surface area contributed by atoms with Crippen molar-refractivity contribution in [1.29, 1.82) is 0 Å². The molecule has 3 heterocycles. The van der Waals surface area contributed by atoms with Gasteiger partial charge >= 0.3 is 0 Å². The van der Waals surface area contributed by atoms with E-state index in [0.29, 0.717) is 17.7 Å². The van der Waals surface area contributed by atoms with Gasteiger partial charge in [-0.3, -0.25) is 4.79 Å². The topological polar surface area (TPSA) is 73.8 Å². The standard InChI is InChI=1S/C18H19Cl2N3O3S/c1-3-26-10-6-9(19)14(20)13(15(10)24)16-21-17(25)12-8-4-5-23(2)7-11(8)27-18(12)22-16/h6,16,22,24H,3-5,7H2,1-2H3,(H,21,25)/t16-/m1/s1. The van der Waals surface area contributed by atoms with E-state index in [0.717, 1.165) is 30.1 Å². The number of hydrogen-bond donors (Lipinski definition) is 3.